The number of para-hydroxylation sites is 1. The van der Waals surface area contributed by atoms with Gasteiger partial charge >= 0.3 is 0 Å². The third-order valence-electron chi connectivity index (χ3n) is 5.05. The molecule has 3 N–H and O–H groups in total. The van der Waals surface area contributed by atoms with Gasteiger partial charge < -0.3 is 15.5 Å². The molecular formula is C21H26N8OS. The lowest BCUT2D eigenvalue weighted by atomic mass is 10.1. The molecule has 31 heavy (non-hydrogen) atoms. The van der Waals surface area contributed by atoms with Crippen molar-refractivity contribution in [3.63, 3.8) is 0 Å². The molecule has 0 aliphatic carbocycles. The highest BCUT2D eigenvalue weighted by atomic mass is 32.1. The quantitative estimate of drug-likeness (QED) is 0.539. The molecule has 0 spiro atoms. The van der Waals surface area contributed by atoms with E-state index in [1.54, 1.807) is 6.20 Å². The van der Waals surface area contributed by atoms with Crippen molar-refractivity contribution in [1.82, 2.24) is 25.3 Å². The van der Waals surface area contributed by atoms with Gasteiger partial charge in [0.05, 0.1) is 6.20 Å². The second kappa shape index (κ2) is 9.36. The fourth-order valence-electron chi connectivity index (χ4n) is 3.35. The number of amides is 1. The Morgan fingerprint density at radius 2 is 1.90 bits per heavy atom. The Morgan fingerprint density at radius 1 is 1.16 bits per heavy atom. The van der Waals surface area contributed by atoms with Gasteiger partial charge in [-0.25, -0.2) is 4.98 Å². The fourth-order valence-corrected chi connectivity index (χ4v) is 4.05. The number of carbonyl (C=O) groups is 1. The summed E-state index contributed by atoms with van der Waals surface area (Å²) in [6, 6.07) is 5.93. The molecule has 10 heteroatoms. The molecule has 3 heterocycles. The van der Waals surface area contributed by atoms with Crippen LogP contribution in [0.3, 0.4) is 0 Å². The molecule has 0 saturated carbocycles. The molecule has 0 radical (unpaired) electrons. The highest BCUT2D eigenvalue weighted by Crippen LogP contribution is 2.25. The Morgan fingerprint density at radius 3 is 2.61 bits per heavy atom. The zero-order chi connectivity index (χ0) is 21.8. The number of carbonyl (C=O) groups excluding carboxylic acids is 1. The van der Waals surface area contributed by atoms with Crippen LogP contribution in [0, 0.1) is 13.8 Å². The maximum absolute atomic E-state index is 12.7. The molecule has 1 saturated heterocycles. The topological polar surface area (TPSA) is 108 Å². The normalized spacial score (nSPS) is 13.8. The van der Waals surface area contributed by atoms with E-state index < -0.39 is 0 Å². The van der Waals surface area contributed by atoms with Crippen molar-refractivity contribution in [3.05, 3.63) is 46.2 Å². The zero-order valence-electron chi connectivity index (χ0n) is 17.9. The van der Waals surface area contributed by atoms with Crippen LogP contribution in [0.4, 0.5) is 22.7 Å². The molecule has 3 aromatic rings. The van der Waals surface area contributed by atoms with Gasteiger partial charge in [-0.15, -0.1) is 0 Å². The summed E-state index contributed by atoms with van der Waals surface area (Å²) < 4.78 is 0. The number of piperazine rings is 1. The fraction of sp³-hybridized carbons (Fsp3) is 0.381. The summed E-state index contributed by atoms with van der Waals surface area (Å²) in [5, 5.41) is 10.0. The average molecular weight is 439 g/mol. The van der Waals surface area contributed by atoms with Crippen molar-refractivity contribution in [3.8, 4) is 0 Å². The number of thiazole rings is 1. The van der Waals surface area contributed by atoms with Crippen molar-refractivity contribution < 1.29 is 4.79 Å². The lowest BCUT2D eigenvalue weighted by molar-refractivity contribution is 0.103. The van der Waals surface area contributed by atoms with Gasteiger partial charge in [-0.1, -0.05) is 36.5 Å². The minimum atomic E-state index is -0.186. The number of anilines is 4. The van der Waals surface area contributed by atoms with Gasteiger partial charge in [0.15, 0.2) is 5.13 Å². The summed E-state index contributed by atoms with van der Waals surface area (Å²) in [6.45, 7) is 9.48. The van der Waals surface area contributed by atoms with Crippen molar-refractivity contribution in [2.24, 2.45) is 0 Å². The van der Waals surface area contributed by atoms with Gasteiger partial charge in [0.1, 0.15) is 10.7 Å². The highest BCUT2D eigenvalue weighted by Gasteiger charge is 2.17. The maximum atomic E-state index is 12.7. The number of nitrogens with zero attached hydrogens (tertiary/aromatic N) is 5. The lowest BCUT2D eigenvalue weighted by Gasteiger charge is -2.27. The Hall–Kier alpha value is -3.11. The van der Waals surface area contributed by atoms with Gasteiger partial charge in [0, 0.05) is 38.3 Å². The van der Waals surface area contributed by atoms with Crippen LogP contribution in [0.5, 0.6) is 0 Å². The zero-order valence-corrected chi connectivity index (χ0v) is 18.7. The molecule has 1 aliphatic heterocycles. The first-order chi connectivity index (χ1) is 15.0. The Labute approximate surface area is 185 Å². The minimum Gasteiger partial charge on any atom is -0.338 e. The van der Waals surface area contributed by atoms with Crippen LogP contribution < -0.4 is 20.9 Å². The predicted molar refractivity (Wildman–Crippen MR) is 124 cm³/mol. The maximum Gasteiger partial charge on any atom is 0.267 e. The summed E-state index contributed by atoms with van der Waals surface area (Å²) in [5.74, 6) is 1.64. The van der Waals surface area contributed by atoms with E-state index in [0.29, 0.717) is 28.3 Å². The molecule has 4 rings (SSSR count). The summed E-state index contributed by atoms with van der Waals surface area (Å²) >= 11 is 1.26. The van der Waals surface area contributed by atoms with E-state index in [-0.39, 0.29) is 5.91 Å². The molecule has 0 unspecified atom stereocenters. The monoisotopic (exact) mass is 438 g/mol. The van der Waals surface area contributed by atoms with Crippen LogP contribution >= 0.6 is 11.3 Å². The van der Waals surface area contributed by atoms with Crippen LogP contribution in [0.1, 0.15) is 33.5 Å². The molecule has 162 valence electrons. The van der Waals surface area contributed by atoms with E-state index in [1.165, 1.54) is 11.3 Å². The third-order valence-corrected chi connectivity index (χ3v) is 5.97. The summed E-state index contributed by atoms with van der Waals surface area (Å²) in [5.41, 5.74) is 2.88. The highest BCUT2D eigenvalue weighted by molar-refractivity contribution is 7.17. The summed E-state index contributed by atoms with van der Waals surface area (Å²) in [6.07, 6.45) is 2.27. The van der Waals surface area contributed by atoms with Gasteiger partial charge in [-0.05, 0) is 25.0 Å². The molecule has 9 nitrogen and oxygen atoms in total. The number of rotatable bonds is 6. The van der Waals surface area contributed by atoms with Crippen molar-refractivity contribution in [1.29, 1.82) is 0 Å². The Balaban J connectivity index is 1.50. The van der Waals surface area contributed by atoms with Crippen molar-refractivity contribution in [2.45, 2.75) is 27.2 Å². The molecule has 2 aromatic heterocycles. The number of nitrogens with one attached hydrogen (secondary N) is 3. The third kappa shape index (κ3) is 4.97. The molecule has 1 amide bonds. The van der Waals surface area contributed by atoms with Crippen molar-refractivity contribution >= 4 is 40.0 Å². The van der Waals surface area contributed by atoms with Crippen LogP contribution in [0.2, 0.25) is 0 Å². The van der Waals surface area contributed by atoms with Gasteiger partial charge in [0.25, 0.3) is 5.91 Å². The average Bonchev–Trinajstić information content (AvgIpc) is 3.25. The standard InChI is InChI=1S/C21H26N8OS/c1-4-16-24-19(27-20(25-16)29-10-8-22-9-11-29)28-21-23-12-15(31-21)18(30)26-17-13(2)6-5-7-14(17)3/h5-7,12,22H,4,8-11H2,1-3H3,(H,26,30)(H,23,24,25,27,28). The molecule has 1 aliphatic rings. The number of aryl methyl sites for hydroxylation is 3. The van der Waals surface area contributed by atoms with E-state index in [4.69, 9.17) is 0 Å². The van der Waals surface area contributed by atoms with Crippen LogP contribution in [-0.2, 0) is 6.42 Å². The Kier molecular flexibility index (Phi) is 6.38. The van der Waals surface area contributed by atoms with Gasteiger partial charge in [-0.2, -0.15) is 15.0 Å². The molecule has 0 atom stereocenters. The van der Waals surface area contributed by atoms with E-state index in [1.807, 2.05) is 39.0 Å². The SMILES string of the molecule is CCc1nc(Nc2ncc(C(=O)Nc3c(C)cccc3C)s2)nc(N2CCNCC2)n1. The second-order valence-corrected chi connectivity index (χ2v) is 8.37. The molecule has 1 aromatic carbocycles. The molecule has 1 fully saturated rings. The molecular weight excluding hydrogens is 412 g/mol. The van der Waals surface area contributed by atoms with Gasteiger partial charge in [0.2, 0.25) is 11.9 Å². The molecule has 0 bridgehead atoms. The van der Waals surface area contributed by atoms with Gasteiger partial charge in [-0.3, -0.25) is 10.1 Å². The summed E-state index contributed by atoms with van der Waals surface area (Å²) in [7, 11) is 0. The first-order valence-electron chi connectivity index (χ1n) is 10.3. The summed E-state index contributed by atoms with van der Waals surface area (Å²) in [4.78, 5) is 33.3. The number of benzene rings is 1. The van der Waals surface area contributed by atoms with Crippen LogP contribution in [0.25, 0.3) is 0 Å². The lowest BCUT2D eigenvalue weighted by Crippen LogP contribution is -2.44. The minimum absolute atomic E-state index is 0.186. The van der Waals surface area contributed by atoms with E-state index in [0.717, 1.165) is 48.8 Å². The van der Waals surface area contributed by atoms with Crippen molar-refractivity contribution in [2.75, 3.05) is 41.7 Å². The van der Waals surface area contributed by atoms with E-state index in [9.17, 15) is 4.79 Å². The van der Waals surface area contributed by atoms with Crippen LogP contribution in [0.15, 0.2) is 24.4 Å². The number of hydrogen-bond acceptors (Lipinski definition) is 9. The Bertz CT molecular complexity index is 1060. The number of hydrogen-bond donors (Lipinski definition) is 3. The number of aromatic nitrogens is 4. The second-order valence-electron chi connectivity index (χ2n) is 7.34. The largest absolute Gasteiger partial charge is 0.338 e. The van der Waals surface area contributed by atoms with E-state index in [2.05, 4.69) is 40.8 Å². The first-order valence-corrected chi connectivity index (χ1v) is 11.2. The van der Waals surface area contributed by atoms with E-state index >= 15 is 0 Å². The predicted octanol–water partition coefficient (Wildman–Crippen LogP) is 2.91. The smallest absolute Gasteiger partial charge is 0.267 e. The van der Waals surface area contributed by atoms with Crippen LogP contribution in [-0.4, -0.2) is 52.0 Å². The first kappa shape index (κ1) is 21.1.